The Morgan fingerprint density at radius 1 is 1.19 bits per heavy atom. The van der Waals surface area contributed by atoms with Gasteiger partial charge in [-0.3, -0.25) is 9.67 Å². The molecular formula is C19H15N3O3S. The predicted octanol–water partition coefficient (Wildman–Crippen LogP) is 3.92. The molecular weight excluding hydrogens is 350 g/mol. The fourth-order valence-corrected chi connectivity index (χ4v) is 3.06. The third kappa shape index (κ3) is 3.04. The van der Waals surface area contributed by atoms with E-state index in [0.717, 1.165) is 16.6 Å². The van der Waals surface area contributed by atoms with Gasteiger partial charge in [0.15, 0.2) is 10.6 Å². The number of ether oxygens (including phenoxy) is 1. The topological polar surface area (TPSA) is 73.1 Å². The van der Waals surface area contributed by atoms with Crippen LogP contribution in [0.5, 0.6) is 5.75 Å². The molecule has 6 nitrogen and oxygen atoms in total. The van der Waals surface area contributed by atoms with E-state index in [1.165, 1.54) is 6.07 Å². The summed E-state index contributed by atoms with van der Waals surface area (Å²) in [4.78, 5) is 11.5. The molecule has 0 fully saturated rings. The van der Waals surface area contributed by atoms with E-state index >= 15 is 0 Å². The van der Waals surface area contributed by atoms with Crippen molar-refractivity contribution in [2.75, 3.05) is 0 Å². The van der Waals surface area contributed by atoms with E-state index in [-0.39, 0.29) is 12.2 Å². The van der Waals surface area contributed by atoms with Crippen molar-refractivity contribution in [3.63, 3.8) is 0 Å². The first-order chi connectivity index (χ1) is 12.6. The molecule has 7 heteroatoms. The zero-order chi connectivity index (χ0) is 18.1. The molecule has 0 unspecified atom stereocenters. The fourth-order valence-electron chi connectivity index (χ4n) is 2.81. The highest BCUT2D eigenvalue weighted by molar-refractivity contribution is 7.71. The number of hydrogen-bond donors (Lipinski definition) is 1. The molecule has 0 aliphatic carbocycles. The molecule has 2 aromatic carbocycles. The SMILES string of the molecule is Cc1cc(=O)oc2ccc(OCc3n[nH]c(=S)n3-c3ccccc3)cc12. The van der Waals surface area contributed by atoms with Gasteiger partial charge in [-0.1, -0.05) is 18.2 Å². The zero-order valence-corrected chi connectivity index (χ0v) is 14.7. The molecule has 4 rings (SSSR count). The molecule has 1 N–H and O–H groups in total. The Balaban J connectivity index is 1.64. The summed E-state index contributed by atoms with van der Waals surface area (Å²) in [6, 6.07) is 16.5. The molecule has 0 radical (unpaired) electrons. The van der Waals surface area contributed by atoms with Crippen LogP contribution >= 0.6 is 12.2 Å². The Kier molecular flexibility index (Phi) is 4.14. The van der Waals surface area contributed by atoms with Crippen LogP contribution in [0.3, 0.4) is 0 Å². The lowest BCUT2D eigenvalue weighted by Gasteiger charge is -2.09. The van der Waals surface area contributed by atoms with E-state index < -0.39 is 0 Å². The maximum atomic E-state index is 11.5. The van der Waals surface area contributed by atoms with Gasteiger partial charge < -0.3 is 9.15 Å². The van der Waals surface area contributed by atoms with E-state index in [1.54, 1.807) is 12.1 Å². The van der Waals surface area contributed by atoms with Gasteiger partial charge in [-0.05, 0) is 55.0 Å². The van der Waals surface area contributed by atoms with E-state index in [0.29, 0.717) is 21.9 Å². The Hall–Kier alpha value is -3.19. The predicted molar refractivity (Wildman–Crippen MR) is 100 cm³/mol. The highest BCUT2D eigenvalue weighted by Crippen LogP contribution is 2.23. The number of nitrogens with one attached hydrogen (secondary N) is 1. The first-order valence-corrected chi connectivity index (χ1v) is 8.42. The number of aromatic nitrogens is 3. The normalized spacial score (nSPS) is 11.0. The van der Waals surface area contributed by atoms with Gasteiger partial charge in [0.1, 0.15) is 17.9 Å². The average molecular weight is 365 g/mol. The number of para-hydroxylation sites is 1. The molecule has 2 aromatic heterocycles. The summed E-state index contributed by atoms with van der Waals surface area (Å²) in [6.07, 6.45) is 0. The fraction of sp³-hybridized carbons (Fsp3) is 0.105. The molecule has 26 heavy (non-hydrogen) atoms. The largest absolute Gasteiger partial charge is 0.486 e. The highest BCUT2D eigenvalue weighted by Gasteiger charge is 2.10. The maximum absolute atomic E-state index is 11.5. The van der Waals surface area contributed by atoms with Crippen LogP contribution in [0.4, 0.5) is 0 Å². The third-order valence-corrected chi connectivity index (χ3v) is 4.32. The molecule has 0 saturated heterocycles. The second-order valence-corrected chi connectivity index (χ2v) is 6.20. The zero-order valence-electron chi connectivity index (χ0n) is 13.9. The van der Waals surface area contributed by atoms with Gasteiger partial charge in [0.05, 0.1) is 0 Å². The van der Waals surface area contributed by atoms with Crippen LogP contribution in [-0.4, -0.2) is 14.8 Å². The minimum atomic E-state index is -0.359. The number of nitrogens with zero attached hydrogens (tertiary/aromatic N) is 2. The van der Waals surface area contributed by atoms with Crippen LogP contribution < -0.4 is 10.4 Å². The van der Waals surface area contributed by atoms with Crippen molar-refractivity contribution < 1.29 is 9.15 Å². The number of benzene rings is 2. The molecule has 0 aliphatic rings. The Morgan fingerprint density at radius 2 is 2.00 bits per heavy atom. The molecule has 4 aromatic rings. The number of aromatic amines is 1. The standard InChI is InChI=1S/C19H15N3O3S/c1-12-9-18(23)25-16-8-7-14(10-15(12)16)24-11-17-20-21-19(26)22(17)13-5-3-2-4-6-13/h2-10H,11H2,1H3,(H,21,26). The number of aryl methyl sites for hydroxylation is 1. The van der Waals surface area contributed by atoms with E-state index in [9.17, 15) is 4.79 Å². The van der Waals surface area contributed by atoms with Gasteiger partial charge in [0.25, 0.3) is 0 Å². The van der Waals surface area contributed by atoms with E-state index in [2.05, 4.69) is 10.2 Å². The lowest BCUT2D eigenvalue weighted by Crippen LogP contribution is -2.06. The molecule has 0 spiro atoms. The van der Waals surface area contributed by atoms with E-state index in [1.807, 2.05) is 47.9 Å². The molecule has 2 heterocycles. The van der Waals surface area contributed by atoms with Crippen molar-refractivity contribution in [1.29, 1.82) is 0 Å². The molecule has 0 amide bonds. The van der Waals surface area contributed by atoms with E-state index in [4.69, 9.17) is 21.4 Å². The monoisotopic (exact) mass is 365 g/mol. The van der Waals surface area contributed by atoms with Crippen molar-refractivity contribution >= 4 is 23.2 Å². The molecule has 0 atom stereocenters. The summed E-state index contributed by atoms with van der Waals surface area (Å²) in [5, 5.41) is 7.90. The number of fused-ring (bicyclic) bond motifs is 1. The van der Waals surface area contributed by atoms with Gasteiger partial charge in [-0.25, -0.2) is 4.79 Å². The van der Waals surface area contributed by atoms with Crippen molar-refractivity contribution in [2.24, 2.45) is 0 Å². The van der Waals surface area contributed by atoms with Crippen molar-refractivity contribution in [1.82, 2.24) is 14.8 Å². The van der Waals surface area contributed by atoms with Crippen LogP contribution in [-0.2, 0) is 6.61 Å². The summed E-state index contributed by atoms with van der Waals surface area (Å²) in [6.45, 7) is 2.10. The smallest absolute Gasteiger partial charge is 0.336 e. The summed E-state index contributed by atoms with van der Waals surface area (Å²) in [7, 11) is 0. The summed E-state index contributed by atoms with van der Waals surface area (Å²) in [5.74, 6) is 1.32. The van der Waals surface area contributed by atoms with Crippen molar-refractivity contribution in [3.8, 4) is 11.4 Å². The van der Waals surface area contributed by atoms with Crippen molar-refractivity contribution in [3.05, 3.63) is 81.2 Å². The van der Waals surface area contributed by atoms with Crippen LogP contribution in [0.1, 0.15) is 11.4 Å². The van der Waals surface area contributed by atoms with Crippen LogP contribution in [0.2, 0.25) is 0 Å². The first-order valence-electron chi connectivity index (χ1n) is 8.01. The van der Waals surface area contributed by atoms with Gasteiger partial charge >= 0.3 is 5.63 Å². The second-order valence-electron chi connectivity index (χ2n) is 5.81. The van der Waals surface area contributed by atoms with Gasteiger partial charge in [-0.2, -0.15) is 5.10 Å². The Bertz CT molecular complexity index is 1190. The van der Waals surface area contributed by atoms with Gasteiger partial charge in [0, 0.05) is 17.1 Å². The lowest BCUT2D eigenvalue weighted by molar-refractivity contribution is 0.293. The molecule has 0 aliphatic heterocycles. The number of rotatable bonds is 4. The van der Waals surface area contributed by atoms with Crippen LogP contribution in [0.25, 0.3) is 16.7 Å². The van der Waals surface area contributed by atoms with Crippen LogP contribution in [0.15, 0.2) is 63.8 Å². The molecule has 130 valence electrons. The van der Waals surface area contributed by atoms with Gasteiger partial charge in [0.2, 0.25) is 0 Å². The highest BCUT2D eigenvalue weighted by atomic mass is 32.1. The minimum Gasteiger partial charge on any atom is -0.486 e. The molecule has 0 bridgehead atoms. The van der Waals surface area contributed by atoms with Crippen LogP contribution in [0, 0.1) is 11.7 Å². The van der Waals surface area contributed by atoms with Gasteiger partial charge in [-0.15, -0.1) is 0 Å². The summed E-state index contributed by atoms with van der Waals surface area (Å²) in [5.41, 5.74) is 1.94. The first kappa shape index (κ1) is 16.3. The Labute approximate surface area is 153 Å². The molecule has 0 saturated carbocycles. The number of hydrogen-bond acceptors (Lipinski definition) is 5. The average Bonchev–Trinajstić information content (AvgIpc) is 3.01. The van der Waals surface area contributed by atoms with Crippen molar-refractivity contribution in [2.45, 2.75) is 13.5 Å². The summed E-state index contributed by atoms with van der Waals surface area (Å²) >= 11 is 5.33. The number of H-pyrrole nitrogens is 1. The minimum absolute atomic E-state index is 0.239. The lowest BCUT2D eigenvalue weighted by atomic mass is 10.1. The second kappa shape index (κ2) is 6.61. The summed E-state index contributed by atoms with van der Waals surface area (Å²) < 4.78 is 13.4. The Morgan fingerprint density at radius 3 is 2.81 bits per heavy atom. The third-order valence-electron chi connectivity index (χ3n) is 4.04. The maximum Gasteiger partial charge on any atom is 0.336 e. The quantitative estimate of drug-likeness (QED) is 0.438.